The standard InChI is InChI=1S/C19H25IO5/c1-4-5-10-14(21)15-16(17-18(23-15)25-19(2,3)24-17)22-11-12-8-6-7-9-13(12)20/h6-9,15-18H,4-5,10-11H2,1-3H3/t15-,16+,17-,18-/m1/s1. The summed E-state index contributed by atoms with van der Waals surface area (Å²) in [5, 5.41) is 0. The molecule has 6 heteroatoms. The number of halogens is 1. The summed E-state index contributed by atoms with van der Waals surface area (Å²) < 4.78 is 24.9. The van der Waals surface area contributed by atoms with E-state index in [0.717, 1.165) is 22.0 Å². The number of ketones is 1. The van der Waals surface area contributed by atoms with Gasteiger partial charge in [-0.25, -0.2) is 0 Å². The first-order chi connectivity index (χ1) is 11.9. The van der Waals surface area contributed by atoms with Gasteiger partial charge in [-0.15, -0.1) is 0 Å². The molecule has 0 spiro atoms. The second kappa shape index (κ2) is 8.00. The lowest BCUT2D eigenvalue weighted by molar-refractivity contribution is -0.218. The molecule has 5 nitrogen and oxygen atoms in total. The van der Waals surface area contributed by atoms with Crippen LogP contribution in [0.3, 0.4) is 0 Å². The van der Waals surface area contributed by atoms with Crippen LogP contribution in [0.4, 0.5) is 0 Å². The van der Waals surface area contributed by atoms with Crippen LogP contribution in [-0.4, -0.2) is 36.2 Å². The molecule has 1 aromatic carbocycles. The van der Waals surface area contributed by atoms with Crippen molar-refractivity contribution in [3.8, 4) is 0 Å². The van der Waals surface area contributed by atoms with Gasteiger partial charge in [0.15, 0.2) is 17.9 Å². The summed E-state index contributed by atoms with van der Waals surface area (Å²) in [4.78, 5) is 12.6. The number of unbranched alkanes of at least 4 members (excludes halogenated alkanes) is 1. The number of ether oxygens (including phenoxy) is 4. The van der Waals surface area contributed by atoms with Crippen molar-refractivity contribution < 1.29 is 23.7 Å². The van der Waals surface area contributed by atoms with Gasteiger partial charge in [0, 0.05) is 9.99 Å². The molecular formula is C19H25IO5. The number of carbonyl (C=O) groups excluding carboxylic acids is 1. The zero-order valence-corrected chi connectivity index (χ0v) is 17.0. The fraction of sp³-hybridized carbons (Fsp3) is 0.632. The molecule has 0 amide bonds. The van der Waals surface area contributed by atoms with Crippen molar-refractivity contribution in [3.63, 3.8) is 0 Å². The Labute approximate surface area is 162 Å². The predicted molar refractivity (Wildman–Crippen MR) is 101 cm³/mol. The van der Waals surface area contributed by atoms with E-state index in [1.54, 1.807) is 0 Å². The summed E-state index contributed by atoms with van der Waals surface area (Å²) in [6, 6.07) is 8.04. The largest absolute Gasteiger partial charge is 0.367 e. The second-order valence-electron chi connectivity index (χ2n) is 6.96. The van der Waals surface area contributed by atoms with Crippen LogP contribution in [0, 0.1) is 3.57 Å². The summed E-state index contributed by atoms with van der Waals surface area (Å²) >= 11 is 2.29. The van der Waals surface area contributed by atoms with Gasteiger partial charge in [-0.3, -0.25) is 4.79 Å². The van der Waals surface area contributed by atoms with Crippen LogP contribution in [0.25, 0.3) is 0 Å². The van der Waals surface area contributed by atoms with E-state index in [2.05, 4.69) is 29.5 Å². The highest BCUT2D eigenvalue weighted by Gasteiger charge is 2.57. The van der Waals surface area contributed by atoms with E-state index < -0.39 is 24.3 Å². The molecule has 4 atom stereocenters. The van der Waals surface area contributed by atoms with E-state index in [1.165, 1.54) is 0 Å². The van der Waals surface area contributed by atoms with E-state index in [9.17, 15) is 4.79 Å². The highest BCUT2D eigenvalue weighted by Crippen LogP contribution is 2.39. The summed E-state index contributed by atoms with van der Waals surface area (Å²) in [7, 11) is 0. The number of hydrogen-bond acceptors (Lipinski definition) is 5. The van der Waals surface area contributed by atoms with E-state index >= 15 is 0 Å². The van der Waals surface area contributed by atoms with E-state index in [1.807, 2.05) is 38.1 Å². The monoisotopic (exact) mass is 460 g/mol. The van der Waals surface area contributed by atoms with Crippen molar-refractivity contribution in [2.24, 2.45) is 0 Å². The van der Waals surface area contributed by atoms with Gasteiger partial charge in [0.25, 0.3) is 0 Å². The molecule has 2 aliphatic rings. The lowest BCUT2D eigenvalue weighted by Crippen LogP contribution is -2.40. The zero-order valence-electron chi connectivity index (χ0n) is 14.9. The fourth-order valence-electron chi connectivity index (χ4n) is 3.22. The molecule has 0 aliphatic carbocycles. The third kappa shape index (κ3) is 4.42. The van der Waals surface area contributed by atoms with Gasteiger partial charge >= 0.3 is 0 Å². The molecule has 138 valence electrons. The number of rotatable bonds is 7. The first kappa shape index (κ1) is 19.2. The van der Waals surface area contributed by atoms with Gasteiger partial charge in [-0.05, 0) is 54.5 Å². The molecule has 0 radical (unpaired) electrons. The summed E-state index contributed by atoms with van der Waals surface area (Å²) in [6.45, 7) is 6.18. The van der Waals surface area contributed by atoms with Gasteiger partial charge in [-0.1, -0.05) is 31.5 Å². The molecule has 1 aromatic rings. The maximum absolute atomic E-state index is 12.6. The third-order valence-electron chi connectivity index (χ3n) is 4.47. The summed E-state index contributed by atoms with van der Waals surface area (Å²) in [5.41, 5.74) is 1.09. The van der Waals surface area contributed by atoms with Crippen molar-refractivity contribution >= 4 is 28.4 Å². The van der Waals surface area contributed by atoms with Crippen LogP contribution in [-0.2, 0) is 30.3 Å². The topological polar surface area (TPSA) is 54.0 Å². The number of benzene rings is 1. The molecule has 0 bridgehead atoms. The Hall–Kier alpha value is -0.540. The molecule has 0 N–H and O–H groups in total. The van der Waals surface area contributed by atoms with E-state index in [-0.39, 0.29) is 11.9 Å². The van der Waals surface area contributed by atoms with Crippen LogP contribution in [0.5, 0.6) is 0 Å². The first-order valence-corrected chi connectivity index (χ1v) is 9.88. The minimum absolute atomic E-state index is 0.0639. The zero-order chi connectivity index (χ0) is 18.0. The number of Topliss-reactive ketones (excluding diaryl/α,β-unsaturated/α-hetero) is 1. The smallest absolute Gasteiger partial charge is 0.190 e. The molecule has 2 heterocycles. The molecule has 25 heavy (non-hydrogen) atoms. The van der Waals surface area contributed by atoms with Crippen LogP contribution < -0.4 is 0 Å². The lowest BCUT2D eigenvalue weighted by atomic mass is 10.0. The van der Waals surface area contributed by atoms with Gasteiger partial charge in [0.1, 0.15) is 18.3 Å². The molecule has 2 saturated heterocycles. The third-order valence-corrected chi connectivity index (χ3v) is 5.53. The SMILES string of the molecule is CCCCC(=O)[C@H]1O[C@@H]2OC(C)(C)O[C@@H]2[C@H]1OCc1ccccc1I. The average Bonchev–Trinajstić information content (AvgIpc) is 3.04. The quantitative estimate of drug-likeness (QED) is 0.580. The van der Waals surface area contributed by atoms with E-state index in [0.29, 0.717) is 13.0 Å². The van der Waals surface area contributed by atoms with Gasteiger partial charge in [0.2, 0.25) is 0 Å². The Balaban J connectivity index is 1.73. The predicted octanol–water partition coefficient (Wildman–Crippen LogP) is 3.81. The van der Waals surface area contributed by atoms with Crippen molar-refractivity contribution in [3.05, 3.63) is 33.4 Å². The van der Waals surface area contributed by atoms with Crippen molar-refractivity contribution in [2.75, 3.05) is 0 Å². The molecular weight excluding hydrogens is 435 g/mol. The molecule has 3 rings (SSSR count). The van der Waals surface area contributed by atoms with Gasteiger partial charge in [-0.2, -0.15) is 0 Å². The van der Waals surface area contributed by atoms with Crippen molar-refractivity contribution in [2.45, 2.75) is 77.0 Å². The average molecular weight is 460 g/mol. The maximum atomic E-state index is 12.6. The van der Waals surface area contributed by atoms with E-state index in [4.69, 9.17) is 18.9 Å². The van der Waals surface area contributed by atoms with Crippen molar-refractivity contribution in [1.82, 2.24) is 0 Å². The number of hydrogen-bond donors (Lipinski definition) is 0. The first-order valence-electron chi connectivity index (χ1n) is 8.80. The fourth-order valence-corrected chi connectivity index (χ4v) is 3.76. The molecule has 0 unspecified atom stereocenters. The Morgan fingerprint density at radius 2 is 2.04 bits per heavy atom. The summed E-state index contributed by atoms with van der Waals surface area (Å²) in [5.74, 6) is -0.663. The van der Waals surface area contributed by atoms with Crippen LogP contribution >= 0.6 is 22.6 Å². The Kier molecular flexibility index (Phi) is 6.15. The van der Waals surface area contributed by atoms with Crippen molar-refractivity contribution in [1.29, 1.82) is 0 Å². The van der Waals surface area contributed by atoms with Crippen LogP contribution in [0.15, 0.2) is 24.3 Å². The normalized spacial score (nSPS) is 30.4. The van der Waals surface area contributed by atoms with Crippen LogP contribution in [0.2, 0.25) is 0 Å². The molecule has 0 aromatic heterocycles. The lowest BCUT2D eigenvalue weighted by Gasteiger charge is -2.25. The second-order valence-corrected chi connectivity index (χ2v) is 8.12. The number of fused-ring (bicyclic) bond motifs is 1. The maximum Gasteiger partial charge on any atom is 0.190 e. The molecule has 0 saturated carbocycles. The van der Waals surface area contributed by atoms with Gasteiger partial charge in [0.05, 0.1) is 6.61 Å². The highest BCUT2D eigenvalue weighted by atomic mass is 127. The Morgan fingerprint density at radius 1 is 1.28 bits per heavy atom. The summed E-state index contributed by atoms with van der Waals surface area (Å²) in [6.07, 6.45) is 0.305. The molecule has 2 fully saturated rings. The minimum atomic E-state index is -0.727. The Morgan fingerprint density at radius 3 is 2.76 bits per heavy atom. The Bertz CT molecular complexity index is 618. The highest BCUT2D eigenvalue weighted by molar-refractivity contribution is 14.1. The number of carbonyl (C=O) groups is 1. The van der Waals surface area contributed by atoms with Gasteiger partial charge < -0.3 is 18.9 Å². The van der Waals surface area contributed by atoms with Crippen LogP contribution in [0.1, 0.15) is 45.6 Å². The molecule has 2 aliphatic heterocycles. The minimum Gasteiger partial charge on any atom is -0.367 e.